The van der Waals surface area contributed by atoms with E-state index in [1.54, 1.807) is 6.92 Å². The standard InChI is InChI=1S/C20H24N4O4S/c1-2-16(25)24-14(15-9-6-10-29-15)11-13(22-24)17-18(26)21-20(28)23(19(17)27)12-7-4-3-5-8-12/h6,9-10,12,14,27H,2-5,7-8,11H2,1H3,(H,21,26,28)/t14-/m0/s1. The van der Waals surface area contributed by atoms with E-state index < -0.39 is 11.2 Å². The van der Waals surface area contributed by atoms with Crippen molar-refractivity contribution in [3.05, 3.63) is 48.8 Å². The molecule has 1 aliphatic carbocycles. The van der Waals surface area contributed by atoms with Gasteiger partial charge in [-0.1, -0.05) is 32.3 Å². The normalized spacial score (nSPS) is 20.1. The van der Waals surface area contributed by atoms with Crippen LogP contribution in [0.2, 0.25) is 0 Å². The van der Waals surface area contributed by atoms with E-state index in [0.717, 1.165) is 37.0 Å². The van der Waals surface area contributed by atoms with Crippen molar-refractivity contribution in [2.75, 3.05) is 0 Å². The fraction of sp³-hybridized carbons (Fsp3) is 0.500. The van der Waals surface area contributed by atoms with Crippen LogP contribution >= 0.6 is 11.3 Å². The molecule has 2 aromatic rings. The van der Waals surface area contributed by atoms with E-state index in [-0.39, 0.29) is 35.9 Å². The van der Waals surface area contributed by atoms with E-state index in [4.69, 9.17) is 0 Å². The summed E-state index contributed by atoms with van der Waals surface area (Å²) in [4.78, 5) is 40.8. The number of amides is 1. The molecule has 1 aliphatic heterocycles. The van der Waals surface area contributed by atoms with Crippen LogP contribution in [0.25, 0.3) is 0 Å². The number of hydrogen-bond acceptors (Lipinski definition) is 6. The SMILES string of the molecule is CCC(=O)N1N=C(c2c(O)n(C3CCCCC3)c(=O)[nH]c2=O)C[C@H]1c1cccs1. The summed E-state index contributed by atoms with van der Waals surface area (Å²) in [5.74, 6) is -0.505. The van der Waals surface area contributed by atoms with Gasteiger partial charge in [-0.25, -0.2) is 9.80 Å². The van der Waals surface area contributed by atoms with Gasteiger partial charge in [0, 0.05) is 23.8 Å². The number of H-pyrrole nitrogens is 1. The van der Waals surface area contributed by atoms with Crippen molar-refractivity contribution in [1.29, 1.82) is 0 Å². The molecule has 0 aromatic carbocycles. The van der Waals surface area contributed by atoms with E-state index in [1.165, 1.54) is 20.9 Å². The summed E-state index contributed by atoms with van der Waals surface area (Å²) in [6.07, 6.45) is 5.21. The maximum atomic E-state index is 12.6. The average Bonchev–Trinajstić information content (AvgIpc) is 3.38. The second kappa shape index (κ2) is 7.98. The topological polar surface area (TPSA) is 108 Å². The van der Waals surface area contributed by atoms with Crippen molar-refractivity contribution in [3.63, 3.8) is 0 Å². The molecule has 1 saturated carbocycles. The van der Waals surface area contributed by atoms with Crippen molar-refractivity contribution in [2.24, 2.45) is 5.10 Å². The van der Waals surface area contributed by atoms with Gasteiger partial charge in [0.15, 0.2) is 0 Å². The summed E-state index contributed by atoms with van der Waals surface area (Å²) in [6, 6.07) is 3.37. The summed E-state index contributed by atoms with van der Waals surface area (Å²) in [5.41, 5.74) is -0.955. The molecule has 2 N–H and O–H groups in total. The lowest BCUT2D eigenvalue weighted by Gasteiger charge is -2.25. The zero-order valence-corrected chi connectivity index (χ0v) is 17.1. The van der Waals surface area contributed by atoms with Crippen molar-refractivity contribution >= 4 is 23.0 Å². The van der Waals surface area contributed by atoms with Gasteiger partial charge >= 0.3 is 5.69 Å². The summed E-state index contributed by atoms with van der Waals surface area (Å²) in [5, 5.41) is 18.7. The first-order chi connectivity index (χ1) is 14.0. The molecule has 3 heterocycles. The third-order valence-electron chi connectivity index (χ3n) is 5.69. The molecular formula is C20H24N4O4S. The van der Waals surface area contributed by atoms with E-state index >= 15 is 0 Å². The van der Waals surface area contributed by atoms with Gasteiger partial charge < -0.3 is 5.11 Å². The summed E-state index contributed by atoms with van der Waals surface area (Å²) in [7, 11) is 0. The van der Waals surface area contributed by atoms with Gasteiger partial charge in [0.05, 0.1) is 11.8 Å². The van der Waals surface area contributed by atoms with Crippen molar-refractivity contribution in [3.8, 4) is 5.88 Å². The van der Waals surface area contributed by atoms with E-state index in [2.05, 4.69) is 10.1 Å². The summed E-state index contributed by atoms with van der Waals surface area (Å²) >= 11 is 1.51. The van der Waals surface area contributed by atoms with Crippen LogP contribution in [0.15, 0.2) is 32.2 Å². The fourth-order valence-electron chi connectivity index (χ4n) is 4.23. The Morgan fingerprint density at radius 1 is 1.31 bits per heavy atom. The Balaban J connectivity index is 1.78. The van der Waals surface area contributed by atoms with Crippen molar-refractivity contribution in [2.45, 2.75) is 64.0 Å². The lowest BCUT2D eigenvalue weighted by molar-refractivity contribution is -0.132. The van der Waals surface area contributed by atoms with Crippen LogP contribution in [-0.2, 0) is 4.79 Å². The first-order valence-electron chi connectivity index (χ1n) is 10.0. The first kappa shape index (κ1) is 19.6. The van der Waals surface area contributed by atoms with E-state index in [9.17, 15) is 19.5 Å². The number of nitrogens with zero attached hydrogens (tertiary/aromatic N) is 3. The molecule has 154 valence electrons. The van der Waals surface area contributed by atoms with Crippen LogP contribution in [0.5, 0.6) is 5.88 Å². The molecule has 1 amide bonds. The number of hydrazone groups is 1. The van der Waals surface area contributed by atoms with Crippen molar-refractivity contribution < 1.29 is 9.90 Å². The number of nitrogens with one attached hydrogen (secondary N) is 1. The Bertz CT molecular complexity index is 1050. The van der Waals surface area contributed by atoms with Crippen LogP contribution in [0.3, 0.4) is 0 Å². The van der Waals surface area contributed by atoms with Gasteiger partial charge in [0.25, 0.3) is 5.56 Å². The third-order valence-corrected chi connectivity index (χ3v) is 6.66. The molecular weight excluding hydrogens is 392 g/mol. The highest BCUT2D eigenvalue weighted by atomic mass is 32.1. The number of rotatable bonds is 4. The predicted molar refractivity (Wildman–Crippen MR) is 110 cm³/mol. The Kier molecular flexibility index (Phi) is 5.40. The molecule has 2 aliphatic rings. The number of thiophene rings is 1. The molecule has 1 atom stereocenters. The highest BCUT2D eigenvalue weighted by Crippen LogP contribution is 2.37. The van der Waals surface area contributed by atoms with Crippen LogP contribution in [0.4, 0.5) is 0 Å². The number of carbonyl (C=O) groups excluding carboxylic acids is 1. The van der Waals surface area contributed by atoms with Gasteiger partial charge in [-0.3, -0.25) is 19.1 Å². The summed E-state index contributed by atoms with van der Waals surface area (Å²) < 4.78 is 1.29. The molecule has 0 radical (unpaired) electrons. The Morgan fingerprint density at radius 3 is 2.72 bits per heavy atom. The largest absolute Gasteiger partial charge is 0.494 e. The number of aromatic nitrogens is 2. The zero-order chi connectivity index (χ0) is 20.5. The first-order valence-corrected chi connectivity index (χ1v) is 10.9. The molecule has 1 fully saturated rings. The van der Waals surface area contributed by atoms with Crippen LogP contribution < -0.4 is 11.2 Å². The average molecular weight is 417 g/mol. The van der Waals surface area contributed by atoms with Gasteiger partial charge in [-0.05, 0) is 24.3 Å². The minimum Gasteiger partial charge on any atom is -0.494 e. The highest BCUT2D eigenvalue weighted by molar-refractivity contribution is 7.10. The fourth-order valence-corrected chi connectivity index (χ4v) is 5.04. The summed E-state index contributed by atoms with van der Waals surface area (Å²) in [6.45, 7) is 1.76. The molecule has 4 rings (SSSR count). The molecule has 2 aromatic heterocycles. The van der Waals surface area contributed by atoms with Gasteiger partial charge in [0.1, 0.15) is 5.56 Å². The molecule has 8 nitrogen and oxygen atoms in total. The number of hydrogen-bond donors (Lipinski definition) is 2. The molecule has 29 heavy (non-hydrogen) atoms. The van der Waals surface area contributed by atoms with Crippen molar-refractivity contribution in [1.82, 2.24) is 14.6 Å². The zero-order valence-electron chi connectivity index (χ0n) is 16.3. The number of carbonyl (C=O) groups is 1. The van der Waals surface area contributed by atoms with E-state index in [1.807, 2.05) is 17.5 Å². The number of aromatic hydroxyl groups is 1. The number of aromatic amines is 1. The molecule has 0 spiro atoms. The maximum absolute atomic E-state index is 12.6. The quantitative estimate of drug-likeness (QED) is 0.799. The Morgan fingerprint density at radius 2 is 2.07 bits per heavy atom. The second-order valence-corrected chi connectivity index (χ2v) is 8.47. The van der Waals surface area contributed by atoms with Gasteiger partial charge in [-0.15, -0.1) is 11.3 Å². The molecule has 0 unspecified atom stereocenters. The Labute approximate surface area is 171 Å². The lowest BCUT2D eigenvalue weighted by Crippen LogP contribution is -2.36. The monoisotopic (exact) mass is 416 g/mol. The molecule has 0 bridgehead atoms. The van der Waals surface area contributed by atoms with E-state index in [0.29, 0.717) is 12.1 Å². The Hall–Kier alpha value is -2.68. The lowest BCUT2D eigenvalue weighted by atomic mass is 9.95. The maximum Gasteiger partial charge on any atom is 0.331 e. The molecule has 0 saturated heterocycles. The second-order valence-electron chi connectivity index (χ2n) is 7.49. The van der Waals surface area contributed by atoms with Crippen LogP contribution in [0, 0.1) is 0 Å². The minimum absolute atomic E-state index is 0.0110. The molecule has 9 heteroatoms. The van der Waals surface area contributed by atoms with Crippen LogP contribution in [-0.4, -0.2) is 31.3 Å². The minimum atomic E-state index is -0.672. The third kappa shape index (κ3) is 3.55. The van der Waals surface area contributed by atoms with Crippen LogP contribution in [0.1, 0.15) is 74.4 Å². The predicted octanol–water partition coefficient (Wildman–Crippen LogP) is 2.90. The van der Waals surface area contributed by atoms with Gasteiger partial charge in [0.2, 0.25) is 11.8 Å². The smallest absolute Gasteiger partial charge is 0.331 e. The van der Waals surface area contributed by atoms with Gasteiger partial charge in [-0.2, -0.15) is 5.10 Å². The highest BCUT2D eigenvalue weighted by Gasteiger charge is 2.36.